The van der Waals surface area contributed by atoms with Gasteiger partial charge in [0.1, 0.15) is 0 Å². The molecule has 68 valence electrons. The van der Waals surface area contributed by atoms with Crippen LogP contribution in [0.15, 0.2) is 15.9 Å². The number of thiophene rings is 1. The maximum atomic E-state index is 6.07. The van der Waals surface area contributed by atoms with E-state index in [1.54, 1.807) is 11.3 Å². The van der Waals surface area contributed by atoms with Crippen LogP contribution in [-0.2, 0) is 0 Å². The molecule has 0 saturated heterocycles. The third kappa shape index (κ3) is 2.31. The zero-order valence-corrected chi connectivity index (χ0v) is 10.00. The smallest absolute Gasteiger partial charge is 0.0701 e. The van der Waals surface area contributed by atoms with Crippen LogP contribution in [0.4, 0.5) is 0 Å². The molecule has 0 bridgehead atoms. The molecule has 0 radical (unpaired) electrons. The van der Waals surface area contributed by atoms with Gasteiger partial charge in [-0.2, -0.15) is 0 Å². The van der Waals surface area contributed by atoms with Crippen LogP contribution in [0.1, 0.15) is 31.7 Å². The van der Waals surface area contributed by atoms with Gasteiger partial charge >= 0.3 is 0 Å². The van der Waals surface area contributed by atoms with Gasteiger partial charge in [0, 0.05) is 10.9 Å². The fraction of sp³-hybridized carbons (Fsp3) is 0.556. The number of hydrogen-bond acceptors (Lipinski definition) is 2. The van der Waals surface area contributed by atoms with Gasteiger partial charge < -0.3 is 5.73 Å². The minimum absolute atomic E-state index is 0.133. The molecule has 0 saturated carbocycles. The molecule has 1 unspecified atom stereocenters. The first-order chi connectivity index (χ1) is 5.41. The van der Waals surface area contributed by atoms with Crippen molar-refractivity contribution in [1.82, 2.24) is 0 Å². The molecule has 1 heterocycles. The Kier molecular flexibility index (Phi) is 2.97. The average Bonchev–Trinajstić information content (AvgIpc) is 2.32. The number of rotatable bonds is 1. The first kappa shape index (κ1) is 10.2. The van der Waals surface area contributed by atoms with Gasteiger partial charge in [-0.25, -0.2) is 0 Å². The number of nitrogens with two attached hydrogens (primary N) is 1. The lowest BCUT2D eigenvalue weighted by molar-refractivity contribution is 0.331. The highest BCUT2D eigenvalue weighted by Crippen LogP contribution is 2.35. The van der Waals surface area contributed by atoms with E-state index in [-0.39, 0.29) is 11.5 Å². The van der Waals surface area contributed by atoms with Crippen LogP contribution in [0, 0.1) is 5.41 Å². The van der Waals surface area contributed by atoms with Crippen molar-refractivity contribution in [3.63, 3.8) is 0 Å². The van der Waals surface area contributed by atoms with Crippen molar-refractivity contribution in [2.24, 2.45) is 11.1 Å². The highest BCUT2D eigenvalue weighted by molar-refractivity contribution is 9.11. The quantitative estimate of drug-likeness (QED) is 0.808. The van der Waals surface area contributed by atoms with E-state index in [9.17, 15) is 0 Å². The summed E-state index contributed by atoms with van der Waals surface area (Å²) in [5.41, 5.74) is 6.22. The van der Waals surface area contributed by atoms with Gasteiger partial charge in [0.2, 0.25) is 0 Å². The second kappa shape index (κ2) is 3.48. The lowest BCUT2D eigenvalue weighted by Crippen LogP contribution is -2.25. The van der Waals surface area contributed by atoms with E-state index in [0.717, 1.165) is 3.79 Å². The Morgan fingerprint density at radius 1 is 1.42 bits per heavy atom. The Hall–Kier alpha value is 0.140. The van der Waals surface area contributed by atoms with Crippen molar-refractivity contribution in [1.29, 1.82) is 0 Å². The molecule has 3 heteroatoms. The van der Waals surface area contributed by atoms with E-state index in [0.29, 0.717) is 0 Å². The molecule has 0 amide bonds. The van der Waals surface area contributed by atoms with E-state index < -0.39 is 0 Å². The van der Waals surface area contributed by atoms with Gasteiger partial charge in [-0.3, -0.25) is 0 Å². The van der Waals surface area contributed by atoms with Crippen LogP contribution in [0.3, 0.4) is 0 Å². The average molecular weight is 248 g/mol. The van der Waals surface area contributed by atoms with E-state index in [1.807, 2.05) is 6.07 Å². The molecule has 1 nitrogen and oxygen atoms in total. The summed E-state index contributed by atoms with van der Waals surface area (Å²) in [5, 5.41) is 0. The lowest BCUT2D eigenvalue weighted by atomic mass is 9.87. The molecular formula is C9H14BrNS. The maximum absolute atomic E-state index is 6.07. The Balaban J connectivity index is 2.85. The number of halogens is 1. The van der Waals surface area contributed by atoms with Crippen LogP contribution >= 0.6 is 27.3 Å². The van der Waals surface area contributed by atoms with Gasteiger partial charge in [-0.1, -0.05) is 20.8 Å². The lowest BCUT2D eigenvalue weighted by Gasteiger charge is -2.25. The summed E-state index contributed by atoms with van der Waals surface area (Å²) in [5.74, 6) is 0. The summed E-state index contributed by atoms with van der Waals surface area (Å²) < 4.78 is 1.15. The molecule has 0 spiro atoms. The summed E-state index contributed by atoms with van der Waals surface area (Å²) >= 11 is 5.14. The van der Waals surface area contributed by atoms with Crippen LogP contribution in [0.2, 0.25) is 0 Å². The zero-order valence-electron chi connectivity index (χ0n) is 7.60. The minimum atomic E-state index is 0.133. The monoisotopic (exact) mass is 247 g/mol. The summed E-state index contributed by atoms with van der Waals surface area (Å²) in [6, 6.07) is 4.27. The summed E-state index contributed by atoms with van der Waals surface area (Å²) in [6.07, 6.45) is 0. The van der Waals surface area contributed by atoms with Crippen LogP contribution in [0.5, 0.6) is 0 Å². The Morgan fingerprint density at radius 2 is 2.00 bits per heavy atom. The van der Waals surface area contributed by atoms with Gasteiger partial charge in [-0.15, -0.1) is 11.3 Å². The second-order valence-corrected chi connectivity index (χ2v) is 6.48. The normalized spacial score (nSPS) is 14.8. The van der Waals surface area contributed by atoms with E-state index in [2.05, 4.69) is 42.8 Å². The molecule has 0 aromatic carbocycles. The third-order valence-electron chi connectivity index (χ3n) is 1.83. The van der Waals surface area contributed by atoms with Crippen LogP contribution < -0.4 is 5.73 Å². The molecule has 0 aliphatic rings. The van der Waals surface area contributed by atoms with Gasteiger partial charge in [0.15, 0.2) is 0 Å². The first-order valence-corrected chi connectivity index (χ1v) is 5.53. The van der Waals surface area contributed by atoms with E-state index >= 15 is 0 Å². The SMILES string of the molecule is CC(C)(C)C(N)c1ccc(Br)s1. The standard InChI is InChI=1S/C9H14BrNS/c1-9(2,3)8(11)6-4-5-7(10)12-6/h4-5,8H,11H2,1-3H3. The maximum Gasteiger partial charge on any atom is 0.0701 e. The van der Waals surface area contributed by atoms with Crippen molar-refractivity contribution in [2.75, 3.05) is 0 Å². The molecule has 0 aliphatic heterocycles. The molecular weight excluding hydrogens is 234 g/mol. The largest absolute Gasteiger partial charge is 0.323 e. The van der Waals surface area contributed by atoms with Gasteiger partial charge in [0.25, 0.3) is 0 Å². The summed E-state index contributed by atoms with van der Waals surface area (Å²) in [4.78, 5) is 1.24. The Labute approximate surface area is 86.1 Å². The fourth-order valence-corrected chi connectivity index (χ4v) is 2.59. The summed E-state index contributed by atoms with van der Waals surface area (Å²) in [6.45, 7) is 6.47. The molecule has 1 aromatic rings. The molecule has 12 heavy (non-hydrogen) atoms. The van der Waals surface area contributed by atoms with Crippen molar-refractivity contribution in [2.45, 2.75) is 26.8 Å². The van der Waals surface area contributed by atoms with E-state index in [1.165, 1.54) is 4.88 Å². The zero-order chi connectivity index (χ0) is 9.35. The van der Waals surface area contributed by atoms with Crippen LogP contribution in [0.25, 0.3) is 0 Å². The minimum Gasteiger partial charge on any atom is -0.323 e. The first-order valence-electron chi connectivity index (χ1n) is 3.92. The molecule has 1 aromatic heterocycles. The van der Waals surface area contributed by atoms with Crippen molar-refractivity contribution in [3.05, 3.63) is 20.8 Å². The molecule has 1 atom stereocenters. The molecule has 2 N–H and O–H groups in total. The van der Waals surface area contributed by atoms with Crippen molar-refractivity contribution < 1.29 is 0 Å². The predicted octanol–water partition coefficient (Wildman–Crippen LogP) is 3.56. The highest BCUT2D eigenvalue weighted by Gasteiger charge is 2.23. The Morgan fingerprint density at radius 3 is 2.33 bits per heavy atom. The van der Waals surface area contributed by atoms with Crippen molar-refractivity contribution in [3.8, 4) is 0 Å². The van der Waals surface area contributed by atoms with Gasteiger partial charge in [-0.05, 0) is 33.5 Å². The molecule has 0 fully saturated rings. The fourth-order valence-electron chi connectivity index (χ4n) is 0.922. The van der Waals surface area contributed by atoms with Crippen molar-refractivity contribution >= 4 is 27.3 Å². The second-order valence-electron chi connectivity index (χ2n) is 3.99. The molecule has 1 rings (SSSR count). The third-order valence-corrected chi connectivity index (χ3v) is 3.54. The van der Waals surface area contributed by atoms with Gasteiger partial charge in [0.05, 0.1) is 3.79 Å². The summed E-state index contributed by atoms with van der Waals surface area (Å²) in [7, 11) is 0. The highest BCUT2D eigenvalue weighted by atomic mass is 79.9. The van der Waals surface area contributed by atoms with E-state index in [4.69, 9.17) is 5.73 Å². The number of hydrogen-bond donors (Lipinski definition) is 1. The Bertz CT molecular complexity index is 262. The molecule has 0 aliphatic carbocycles. The van der Waals surface area contributed by atoms with Crippen LogP contribution in [-0.4, -0.2) is 0 Å². The predicted molar refractivity (Wildman–Crippen MR) is 58.4 cm³/mol. The topological polar surface area (TPSA) is 26.0 Å².